The Kier molecular flexibility index (Phi) is 10.9. The lowest BCUT2D eigenvalue weighted by Gasteiger charge is -2.18. The maximum atomic E-state index is 10.1. The second kappa shape index (κ2) is 18.8. The van der Waals surface area contributed by atoms with Crippen LogP contribution < -0.4 is 0 Å². The molecule has 0 aliphatic carbocycles. The van der Waals surface area contributed by atoms with E-state index in [-0.39, 0.29) is 0 Å². The molecule has 0 amide bonds. The van der Waals surface area contributed by atoms with E-state index < -0.39 is 0 Å². The van der Waals surface area contributed by atoms with Crippen LogP contribution >= 0.6 is 0 Å². The Hall–Kier alpha value is -11.2. The van der Waals surface area contributed by atoms with Crippen molar-refractivity contribution in [2.45, 2.75) is 0 Å². The molecule has 0 aliphatic heterocycles. The largest absolute Gasteiger partial charge is 0.309 e. The van der Waals surface area contributed by atoms with Gasteiger partial charge in [-0.05, 0) is 114 Å². The molecule has 372 valence electrons. The molecule has 80 heavy (non-hydrogen) atoms. The summed E-state index contributed by atoms with van der Waals surface area (Å²) in [5.41, 5.74) is 19.2. The topological polar surface area (TPSA) is 67.3 Å². The Bertz CT molecular complexity index is 4920. The number of benzene rings is 12. The number of hydrogen-bond acceptors (Lipinski definition) is 2. The first kappa shape index (κ1) is 46.1. The molecule has 0 fully saturated rings. The van der Waals surface area contributed by atoms with Crippen LogP contribution in [0.5, 0.6) is 0 Å². The van der Waals surface area contributed by atoms with E-state index in [9.17, 15) is 10.5 Å². The van der Waals surface area contributed by atoms with E-state index in [1.165, 1.54) is 76.9 Å². The number of hydrogen-bond donors (Lipinski definition) is 0. The SMILES string of the molecule is N#Cc1cc(-c2cccc(-n3c4ccccc4c4ccccc43)c2)cc(-n2c3ccccc3c3cc(C#N)ccc32)c1.c1ccc(-n2c3ccccc3c3ccccc32)c(-c2ccccc2-n2c3ccccc3c3ccccc32)c1. The van der Waals surface area contributed by atoms with Crippen LogP contribution in [0.4, 0.5) is 0 Å². The highest BCUT2D eigenvalue weighted by Crippen LogP contribution is 2.42. The first-order valence-corrected chi connectivity index (χ1v) is 26.9. The van der Waals surface area contributed by atoms with Gasteiger partial charge in [-0.2, -0.15) is 10.5 Å². The number of rotatable bonds is 6. The van der Waals surface area contributed by atoms with Gasteiger partial charge in [0.2, 0.25) is 0 Å². The van der Waals surface area contributed by atoms with E-state index >= 15 is 0 Å². The Labute approximate surface area is 460 Å². The number of nitriles is 2. The van der Waals surface area contributed by atoms with Gasteiger partial charge in [0.15, 0.2) is 0 Å². The summed E-state index contributed by atoms with van der Waals surface area (Å²) in [6.07, 6.45) is 0. The zero-order valence-electron chi connectivity index (χ0n) is 43.2. The molecule has 0 spiro atoms. The molecule has 0 N–H and O–H groups in total. The van der Waals surface area contributed by atoms with Gasteiger partial charge in [-0.25, -0.2) is 0 Å². The van der Waals surface area contributed by atoms with Crippen molar-refractivity contribution < 1.29 is 0 Å². The first-order valence-electron chi connectivity index (χ1n) is 26.9. The molecular formula is C74H46N6. The van der Waals surface area contributed by atoms with Crippen molar-refractivity contribution >= 4 is 87.2 Å². The quantitative estimate of drug-likeness (QED) is 0.167. The number of para-hydroxylation sites is 9. The average molecular weight is 1020 g/mol. The fourth-order valence-corrected chi connectivity index (χ4v) is 12.5. The molecule has 0 atom stereocenters. The Morgan fingerprint density at radius 2 is 0.575 bits per heavy atom. The third-order valence-corrected chi connectivity index (χ3v) is 15.9. The summed E-state index contributed by atoms with van der Waals surface area (Å²) in [6.45, 7) is 0. The number of nitrogens with zero attached hydrogens (tertiary/aromatic N) is 6. The van der Waals surface area contributed by atoms with Gasteiger partial charge in [0.25, 0.3) is 0 Å². The van der Waals surface area contributed by atoms with Gasteiger partial charge in [0.05, 0.1) is 78.8 Å². The molecular weight excluding hydrogens is 973 g/mol. The van der Waals surface area contributed by atoms with Crippen LogP contribution in [-0.4, -0.2) is 18.3 Å². The summed E-state index contributed by atoms with van der Waals surface area (Å²) >= 11 is 0. The van der Waals surface area contributed by atoms with E-state index in [1.54, 1.807) is 0 Å². The smallest absolute Gasteiger partial charge is 0.0992 e. The Balaban J connectivity index is 0.000000139. The molecule has 4 heterocycles. The second-order valence-electron chi connectivity index (χ2n) is 20.3. The lowest BCUT2D eigenvalue weighted by Crippen LogP contribution is -2.01. The molecule has 0 aliphatic rings. The average Bonchev–Trinajstić information content (AvgIpc) is 4.41. The Morgan fingerprint density at radius 1 is 0.225 bits per heavy atom. The van der Waals surface area contributed by atoms with Gasteiger partial charge >= 0.3 is 0 Å². The van der Waals surface area contributed by atoms with Crippen LogP contribution in [0, 0.1) is 22.7 Å². The van der Waals surface area contributed by atoms with E-state index in [4.69, 9.17) is 0 Å². The van der Waals surface area contributed by atoms with Crippen LogP contribution in [0.25, 0.3) is 132 Å². The highest BCUT2D eigenvalue weighted by Gasteiger charge is 2.21. The van der Waals surface area contributed by atoms with Crippen molar-refractivity contribution in [1.82, 2.24) is 18.3 Å². The lowest BCUT2D eigenvalue weighted by atomic mass is 10.0. The molecule has 4 aromatic heterocycles. The van der Waals surface area contributed by atoms with E-state index in [1.807, 2.05) is 42.5 Å². The maximum absolute atomic E-state index is 10.1. The van der Waals surface area contributed by atoms with E-state index in [0.29, 0.717) is 11.1 Å². The van der Waals surface area contributed by atoms with Crippen molar-refractivity contribution in [3.63, 3.8) is 0 Å². The molecule has 16 aromatic rings. The van der Waals surface area contributed by atoms with Crippen molar-refractivity contribution in [3.8, 4) is 57.1 Å². The molecule has 0 unspecified atom stereocenters. The highest BCUT2D eigenvalue weighted by atomic mass is 15.0. The summed E-state index contributed by atoms with van der Waals surface area (Å²) in [5, 5.41) is 29.2. The molecule has 0 bridgehead atoms. The molecule has 12 aromatic carbocycles. The van der Waals surface area contributed by atoms with Gasteiger partial charge in [-0.3, -0.25) is 0 Å². The normalized spacial score (nSPS) is 11.5. The van der Waals surface area contributed by atoms with Crippen LogP contribution in [0.1, 0.15) is 11.1 Å². The fraction of sp³-hybridized carbons (Fsp3) is 0. The zero-order chi connectivity index (χ0) is 53.3. The third kappa shape index (κ3) is 7.32. The predicted molar refractivity (Wildman–Crippen MR) is 331 cm³/mol. The third-order valence-electron chi connectivity index (χ3n) is 15.9. The van der Waals surface area contributed by atoms with Crippen molar-refractivity contribution in [2.24, 2.45) is 0 Å². The highest BCUT2D eigenvalue weighted by molar-refractivity contribution is 6.13. The maximum Gasteiger partial charge on any atom is 0.0992 e. The lowest BCUT2D eigenvalue weighted by molar-refractivity contribution is 1.16. The number of aromatic nitrogens is 4. The molecule has 0 saturated heterocycles. The van der Waals surface area contributed by atoms with E-state index in [0.717, 1.165) is 55.3 Å². The standard InChI is InChI=1S/C38H22N4.C36H24N2/c39-23-25-16-17-38-34(20-25)33-12-3-6-15-37(33)42(38)30-19-26(24-40)18-28(22-30)27-8-7-9-29(21-27)41-35-13-4-1-10-31(35)32-11-2-5-14-36(32)41;1-7-19-31-25(13-1)26-14-2-8-20-32(26)37(31)35-23-11-5-17-29(35)30-18-6-12-24-36(30)38-33-21-9-3-15-27(33)28-16-4-10-22-34(28)38/h1-22H;1-24H. The summed E-state index contributed by atoms with van der Waals surface area (Å²) in [4.78, 5) is 0. The zero-order valence-corrected chi connectivity index (χ0v) is 43.2. The van der Waals surface area contributed by atoms with Crippen LogP contribution in [-0.2, 0) is 0 Å². The number of fused-ring (bicyclic) bond motifs is 12. The predicted octanol–water partition coefficient (Wildman–Crippen LogP) is 18.8. The summed E-state index contributed by atoms with van der Waals surface area (Å²) < 4.78 is 9.33. The molecule has 16 rings (SSSR count). The van der Waals surface area contributed by atoms with Crippen LogP contribution in [0.15, 0.2) is 279 Å². The first-order chi connectivity index (χ1) is 39.6. The van der Waals surface area contributed by atoms with Gasteiger partial charge in [-0.15, -0.1) is 0 Å². The summed E-state index contributed by atoms with van der Waals surface area (Å²) in [5.74, 6) is 0. The van der Waals surface area contributed by atoms with Crippen molar-refractivity contribution in [2.75, 3.05) is 0 Å². The van der Waals surface area contributed by atoms with Crippen molar-refractivity contribution in [3.05, 3.63) is 290 Å². The minimum Gasteiger partial charge on any atom is -0.309 e. The molecule has 6 heteroatoms. The molecule has 0 radical (unpaired) electrons. The van der Waals surface area contributed by atoms with Gasteiger partial charge in [-0.1, -0.05) is 176 Å². The monoisotopic (exact) mass is 1020 g/mol. The minimum absolute atomic E-state index is 0.587. The van der Waals surface area contributed by atoms with Gasteiger partial charge < -0.3 is 18.3 Å². The van der Waals surface area contributed by atoms with Crippen LogP contribution in [0.3, 0.4) is 0 Å². The Morgan fingerprint density at radius 3 is 1.01 bits per heavy atom. The minimum atomic E-state index is 0.587. The van der Waals surface area contributed by atoms with Crippen molar-refractivity contribution in [1.29, 1.82) is 10.5 Å². The summed E-state index contributed by atoms with van der Waals surface area (Å²) in [6, 6.07) is 103. The second-order valence-corrected chi connectivity index (χ2v) is 20.3. The van der Waals surface area contributed by atoms with Gasteiger partial charge in [0, 0.05) is 65.6 Å². The fourth-order valence-electron chi connectivity index (χ4n) is 12.5. The van der Waals surface area contributed by atoms with Crippen LogP contribution in [0.2, 0.25) is 0 Å². The summed E-state index contributed by atoms with van der Waals surface area (Å²) in [7, 11) is 0. The van der Waals surface area contributed by atoms with E-state index in [2.05, 4.69) is 267 Å². The molecule has 6 nitrogen and oxygen atoms in total. The molecule has 0 saturated carbocycles. The van der Waals surface area contributed by atoms with Gasteiger partial charge in [0.1, 0.15) is 0 Å².